The highest BCUT2D eigenvalue weighted by molar-refractivity contribution is 7.90. The Labute approximate surface area is 151 Å². The number of nitrogens with two attached hydrogens (primary N) is 1. The predicted molar refractivity (Wildman–Crippen MR) is 100 cm³/mol. The minimum absolute atomic E-state index is 0.128. The highest BCUT2D eigenvalue weighted by atomic mass is 32.2. The summed E-state index contributed by atoms with van der Waals surface area (Å²) in [5.74, 6) is -0.239. The number of oxime groups is 1. The molecule has 1 aromatic carbocycles. The van der Waals surface area contributed by atoms with E-state index in [2.05, 4.69) is 10.1 Å². The van der Waals surface area contributed by atoms with Crippen LogP contribution in [0.25, 0.3) is 10.9 Å². The van der Waals surface area contributed by atoms with Gasteiger partial charge in [0.25, 0.3) is 10.0 Å². The third-order valence-electron chi connectivity index (χ3n) is 4.22. The zero-order valence-corrected chi connectivity index (χ0v) is 15.4. The van der Waals surface area contributed by atoms with Gasteiger partial charge < -0.3 is 10.9 Å². The van der Waals surface area contributed by atoms with Crippen LogP contribution < -0.4 is 5.73 Å². The number of aryl methyl sites for hydroxylation is 2. The van der Waals surface area contributed by atoms with Gasteiger partial charge in [0.1, 0.15) is 5.69 Å². The molecule has 0 aliphatic heterocycles. The molecule has 0 amide bonds. The third kappa shape index (κ3) is 2.92. The summed E-state index contributed by atoms with van der Waals surface area (Å²) in [6, 6.07) is 8.32. The number of hydrogen-bond donors (Lipinski definition) is 2. The quantitative estimate of drug-likeness (QED) is 0.310. The van der Waals surface area contributed by atoms with Crippen molar-refractivity contribution in [1.82, 2.24) is 8.96 Å². The smallest absolute Gasteiger partial charge is 0.268 e. The Morgan fingerprint density at radius 1 is 1.27 bits per heavy atom. The first-order chi connectivity index (χ1) is 12.4. The number of fused-ring (bicyclic) bond motifs is 1. The zero-order chi connectivity index (χ0) is 18.9. The molecule has 7 nitrogen and oxygen atoms in total. The first-order valence-electron chi connectivity index (χ1n) is 8.19. The van der Waals surface area contributed by atoms with Crippen LogP contribution in [-0.4, -0.2) is 28.4 Å². The number of amidine groups is 1. The number of benzene rings is 1. The van der Waals surface area contributed by atoms with Gasteiger partial charge in [-0.2, -0.15) is 0 Å². The SMILES string of the molecule is CCCc1cnc(C(N)=NO)c2c1ccn2S(=O)(=O)c1ccc(C)cc1. The molecule has 3 N–H and O–H groups in total. The molecule has 26 heavy (non-hydrogen) atoms. The number of nitrogens with zero attached hydrogens (tertiary/aromatic N) is 3. The molecule has 0 fully saturated rings. The van der Waals surface area contributed by atoms with Crippen molar-refractivity contribution in [2.24, 2.45) is 10.9 Å². The topological polar surface area (TPSA) is 111 Å². The van der Waals surface area contributed by atoms with Gasteiger partial charge in [-0.15, -0.1) is 0 Å². The number of rotatable bonds is 5. The molecule has 0 unspecified atom stereocenters. The molecular weight excluding hydrogens is 352 g/mol. The van der Waals surface area contributed by atoms with Gasteiger partial charge in [0, 0.05) is 17.8 Å². The first-order valence-corrected chi connectivity index (χ1v) is 9.63. The van der Waals surface area contributed by atoms with Crippen molar-refractivity contribution in [2.45, 2.75) is 31.6 Å². The summed E-state index contributed by atoms with van der Waals surface area (Å²) in [5.41, 5.74) is 8.06. The van der Waals surface area contributed by atoms with Crippen LogP contribution in [0, 0.1) is 6.92 Å². The Bertz CT molecular complexity index is 1080. The minimum Gasteiger partial charge on any atom is -0.409 e. The molecule has 8 heteroatoms. The van der Waals surface area contributed by atoms with E-state index in [9.17, 15) is 8.42 Å². The number of aromatic nitrogens is 2. The molecule has 3 aromatic rings. The zero-order valence-electron chi connectivity index (χ0n) is 14.5. The van der Waals surface area contributed by atoms with Gasteiger partial charge in [-0.05, 0) is 37.1 Å². The van der Waals surface area contributed by atoms with E-state index in [4.69, 9.17) is 10.9 Å². The molecule has 3 rings (SSSR count). The molecule has 0 saturated carbocycles. The lowest BCUT2D eigenvalue weighted by Gasteiger charge is -2.11. The highest BCUT2D eigenvalue weighted by Crippen LogP contribution is 2.27. The molecule has 0 aliphatic carbocycles. The lowest BCUT2D eigenvalue weighted by molar-refractivity contribution is 0.318. The van der Waals surface area contributed by atoms with Gasteiger partial charge in [-0.3, -0.25) is 4.98 Å². The second-order valence-corrected chi connectivity index (χ2v) is 7.87. The summed E-state index contributed by atoms with van der Waals surface area (Å²) in [6.45, 7) is 3.92. The van der Waals surface area contributed by atoms with Gasteiger partial charge in [-0.1, -0.05) is 36.2 Å². The second-order valence-electron chi connectivity index (χ2n) is 6.06. The first kappa shape index (κ1) is 17.9. The molecule has 0 radical (unpaired) electrons. The van der Waals surface area contributed by atoms with E-state index in [1.54, 1.807) is 36.5 Å². The van der Waals surface area contributed by atoms with Crippen molar-refractivity contribution in [3.63, 3.8) is 0 Å². The summed E-state index contributed by atoms with van der Waals surface area (Å²) < 4.78 is 27.4. The van der Waals surface area contributed by atoms with Gasteiger partial charge in [0.15, 0.2) is 5.84 Å². The van der Waals surface area contributed by atoms with Crippen LogP contribution in [0.2, 0.25) is 0 Å². The fourth-order valence-corrected chi connectivity index (χ4v) is 4.26. The molecule has 0 saturated heterocycles. The fourth-order valence-electron chi connectivity index (χ4n) is 2.91. The van der Waals surface area contributed by atoms with Gasteiger partial charge in [0.2, 0.25) is 0 Å². The fraction of sp³-hybridized carbons (Fsp3) is 0.222. The molecule has 2 heterocycles. The lowest BCUT2D eigenvalue weighted by atomic mass is 10.1. The van der Waals surface area contributed by atoms with E-state index < -0.39 is 10.0 Å². The van der Waals surface area contributed by atoms with Crippen LogP contribution in [0.15, 0.2) is 52.8 Å². The Hall–Kier alpha value is -2.87. The average Bonchev–Trinajstić information content (AvgIpc) is 3.08. The van der Waals surface area contributed by atoms with Crippen LogP contribution in [-0.2, 0) is 16.4 Å². The van der Waals surface area contributed by atoms with E-state index in [0.29, 0.717) is 5.52 Å². The van der Waals surface area contributed by atoms with Crippen LogP contribution in [0.1, 0.15) is 30.2 Å². The van der Waals surface area contributed by atoms with E-state index >= 15 is 0 Å². The Morgan fingerprint density at radius 3 is 2.58 bits per heavy atom. The monoisotopic (exact) mass is 372 g/mol. The van der Waals surface area contributed by atoms with Crippen molar-refractivity contribution < 1.29 is 13.6 Å². The maximum atomic E-state index is 13.1. The summed E-state index contributed by atoms with van der Waals surface area (Å²) in [7, 11) is -3.85. The maximum Gasteiger partial charge on any atom is 0.268 e. The average molecular weight is 372 g/mol. The summed E-state index contributed by atoms with van der Waals surface area (Å²) in [4.78, 5) is 4.41. The highest BCUT2D eigenvalue weighted by Gasteiger charge is 2.23. The molecule has 0 bridgehead atoms. The maximum absolute atomic E-state index is 13.1. The Morgan fingerprint density at radius 2 is 1.96 bits per heavy atom. The lowest BCUT2D eigenvalue weighted by Crippen LogP contribution is -2.19. The Balaban J connectivity index is 2.33. The van der Waals surface area contributed by atoms with Crippen molar-refractivity contribution in [1.29, 1.82) is 0 Å². The standard InChI is InChI=1S/C18H20N4O3S/c1-3-4-13-11-20-16(18(19)21-23)17-15(13)9-10-22(17)26(24,25)14-7-5-12(2)6-8-14/h5-11,23H,3-4H2,1-2H3,(H2,19,21). The normalized spacial score (nSPS) is 12.6. The largest absolute Gasteiger partial charge is 0.409 e. The molecular formula is C18H20N4O3S. The van der Waals surface area contributed by atoms with Crippen LogP contribution in [0.3, 0.4) is 0 Å². The Kier molecular flexibility index (Phi) is 4.69. The van der Waals surface area contributed by atoms with Gasteiger partial charge in [-0.25, -0.2) is 12.4 Å². The molecule has 0 aliphatic rings. The van der Waals surface area contributed by atoms with E-state index in [0.717, 1.165) is 33.3 Å². The number of hydrogen-bond acceptors (Lipinski definition) is 5. The summed E-state index contributed by atoms with van der Waals surface area (Å²) in [5, 5.41) is 12.8. The van der Waals surface area contributed by atoms with Crippen molar-refractivity contribution in [3.05, 3.63) is 59.5 Å². The van der Waals surface area contributed by atoms with Gasteiger partial charge in [0.05, 0.1) is 10.4 Å². The predicted octanol–water partition coefficient (Wildman–Crippen LogP) is 2.63. The van der Waals surface area contributed by atoms with E-state index in [-0.39, 0.29) is 16.4 Å². The minimum atomic E-state index is -3.85. The molecule has 0 atom stereocenters. The number of pyridine rings is 1. The van der Waals surface area contributed by atoms with Crippen molar-refractivity contribution >= 4 is 26.8 Å². The van der Waals surface area contributed by atoms with Crippen LogP contribution in [0.5, 0.6) is 0 Å². The summed E-state index contributed by atoms with van der Waals surface area (Å²) >= 11 is 0. The van der Waals surface area contributed by atoms with Crippen molar-refractivity contribution in [2.75, 3.05) is 0 Å². The van der Waals surface area contributed by atoms with Crippen LogP contribution in [0.4, 0.5) is 0 Å². The summed E-state index contributed by atoms with van der Waals surface area (Å²) in [6.07, 6.45) is 4.75. The van der Waals surface area contributed by atoms with E-state index in [1.807, 2.05) is 13.8 Å². The van der Waals surface area contributed by atoms with Gasteiger partial charge >= 0.3 is 0 Å². The molecule has 136 valence electrons. The molecule has 0 spiro atoms. The second kappa shape index (κ2) is 6.80. The van der Waals surface area contributed by atoms with E-state index in [1.165, 1.54) is 6.20 Å². The van der Waals surface area contributed by atoms with Crippen LogP contribution >= 0.6 is 0 Å². The molecule has 2 aromatic heterocycles. The third-order valence-corrected chi connectivity index (χ3v) is 5.91. The van der Waals surface area contributed by atoms with Crippen molar-refractivity contribution in [3.8, 4) is 0 Å².